The lowest BCUT2D eigenvalue weighted by Crippen LogP contribution is -2.17. The van der Waals surface area contributed by atoms with Crippen molar-refractivity contribution in [1.82, 2.24) is 0 Å². The van der Waals surface area contributed by atoms with Crippen LogP contribution in [0.15, 0.2) is 29.3 Å². The van der Waals surface area contributed by atoms with Gasteiger partial charge in [-0.2, -0.15) is 0 Å². The molecule has 4 nitrogen and oxygen atoms in total. The van der Waals surface area contributed by atoms with E-state index in [0.29, 0.717) is 5.92 Å². The number of methoxy groups -OCH3 is 2. The Morgan fingerprint density at radius 2 is 2.10 bits per heavy atom. The molecule has 0 radical (unpaired) electrons. The van der Waals surface area contributed by atoms with Gasteiger partial charge in [-0.15, -0.1) is 0 Å². The Kier molecular flexibility index (Phi) is 3.72. The molecule has 0 bridgehead atoms. The number of carbonyl (C=O) groups excluding carboxylic acids is 1. The topological polar surface area (TPSA) is 44.8 Å². The van der Waals surface area contributed by atoms with Crippen LogP contribution in [-0.4, -0.2) is 26.5 Å². The highest BCUT2D eigenvalue weighted by Crippen LogP contribution is 2.43. The first kappa shape index (κ1) is 14.1. The van der Waals surface area contributed by atoms with Crippen molar-refractivity contribution < 1.29 is 19.0 Å². The Labute approximate surface area is 124 Å². The van der Waals surface area contributed by atoms with E-state index in [1.165, 1.54) is 11.1 Å². The van der Waals surface area contributed by atoms with Gasteiger partial charge in [-0.25, -0.2) is 4.79 Å². The van der Waals surface area contributed by atoms with Crippen molar-refractivity contribution in [2.45, 2.75) is 38.4 Å². The molecule has 0 aromatic heterocycles. The molecule has 2 atom stereocenters. The molecule has 2 aliphatic rings. The first-order valence-corrected chi connectivity index (χ1v) is 7.24. The first-order chi connectivity index (χ1) is 10.1. The van der Waals surface area contributed by atoms with Crippen molar-refractivity contribution in [3.05, 3.63) is 40.5 Å². The summed E-state index contributed by atoms with van der Waals surface area (Å²) in [5.74, 6) is 1.04. The molecule has 21 heavy (non-hydrogen) atoms. The summed E-state index contributed by atoms with van der Waals surface area (Å²) in [7, 11) is 3.26. The van der Waals surface area contributed by atoms with Crippen molar-refractivity contribution in [1.29, 1.82) is 0 Å². The summed E-state index contributed by atoms with van der Waals surface area (Å²) in [6, 6.07) is 6.17. The van der Waals surface area contributed by atoms with Gasteiger partial charge in [0.25, 0.3) is 0 Å². The van der Waals surface area contributed by atoms with Gasteiger partial charge < -0.3 is 14.2 Å². The van der Waals surface area contributed by atoms with Crippen LogP contribution in [0.5, 0.6) is 5.75 Å². The Morgan fingerprint density at radius 1 is 1.29 bits per heavy atom. The minimum atomic E-state index is -0.499. The van der Waals surface area contributed by atoms with Crippen LogP contribution < -0.4 is 4.74 Å². The van der Waals surface area contributed by atoms with E-state index in [0.717, 1.165) is 36.2 Å². The molecule has 0 spiro atoms. The fraction of sp³-hybridized carbons (Fsp3) is 0.471. The van der Waals surface area contributed by atoms with Crippen LogP contribution in [0.25, 0.3) is 0 Å². The molecule has 0 N–H and O–H groups in total. The summed E-state index contributed by atoms with van der Waals surface area (Å²) >= 11 is 0. The van der Waals surface area contributed by atoms with E-state index in [-0.39, 0.29) is 5.97 Å². The second-order valence-electron chi connectivity index (χ2n) is 5.64. The second-order valence-corrected chi connectivity index (χ2v) is 5.64. The van der Waals surface area contributed by atoms with Gasteiger partial charge in [0.15, 0.2) is 0 Å². The lowest BCUT2D eigenvalue weighted by molar-refractivity contribution is -0.156. The molecular weight excluding hydrogens is 268 g/mol. The van der Waals surface area contributed by atoms with Crippen LogP contribution in [0.2, 0.25) is 0 Å². The fourth-order valence-electron chi connectivity index (χ4n) is 3.32. The van der Waals surface area contributed by atoms with Gasteiger partial charge in [0.2, 0.25) is 6.29 Å². The predicted octanol–water partition coefficient (Wildman–Crippen LogP) is 3.10. The van der Waals surface area contributed by atoms with Crippen LogP contribution in [0.4, 0.5) is 0 Å². The fourth-order valence-corrected chi connectivity index (χ4v) is 3.32. The summed E-state index contributed by atoms with van der Waals surface area (Å²) in [5.41, 5.74) is 4.37. The van der Waals surface area contributed by atoms with Crippen LogP contribution in [0, 0.1) is 6.92 Å². The molecule has 2 unspecified atom stereocenters. The minimum absolute atomic E-state index is 0.210. The van der Waals surface area contributed by atoms with Crippen LogP contribution >= 0.6 is 0 Å². The van der Waals surface area contributed by atoms with E-state index in [9.17, 15) is 4.79 Å². The maximum atomic E-state index is 11.8. The zero-order valence-corrected chi connectivity index (χ0v) is 12.6. The predicted molar refractivity (Wildman–Crippen MR) is 78.2 cm³/mol. The van der Waals surface area contributed by atoms with Crippen LogP contribution in [0.1, 0.15) is 36.3 Å². The molecule has 1 aromatic rings. The number of esters is 1. The van der Waals surface area contributed by atoms with E-state index in [2.05, 4.69) is 19.1 Å². The van der Waals surface area contributed by atoms with E-state index < -0.39 is 6.29 Å². The van der Waals surface area contributed by atoms with Crippen LogP contribution in [-0.2, 0) is 14.3 Å². The average Bonchev–Trinajstić information content (AvgIpc) is 2.83. The Morgan fingerprint density at radius 3 is 2.81 bits per heavy atom. The molecule has 1 aliphatic heterocycles. The normalized spacial score (nSPS) is 24.8. The van der Waals surface area contributed by atoms with Crippen molar-refractivity contribution >= 4 is 5.97 Å². The number of hydrogen-bond donors (Lipinski definition) is 0. The quantitative estimate of drug-likeness (QED) is 0.802. The van der Waals surface area contributed by atoms with Gasteiger partial charge in [-0.3, -0.25) is 0 Å². The van der Waals surface area contributed by atoms with Crippen molar-refractivity contribution in [3.8, 4) is 5.75 Å². The third-order valence-corrected chi connectivity index (χ3v) is 4.48. The van der Waals surface area contributed by atoms with Gasteiger partial charge in [0, 0.05) is 18.3 Å². The van der Waals surface area contributed by atoms with Gasteiger partial charge in [0.1, 0.15) is 5.75 Å². The number of benzene rings is 1. The summed E-state index contributed by atoms with van der Waals surface area (Å²) in [4.78, 5) is 11.8. The van der Waals surface area contributed by atoms with Gasteiger partial charge in [0.05, 0.1) is 7.11 Å². The van der Waals surface area contributed by atoms with Crippen molar-refractivity contribution in [2.75, 3.05) is 14.2 Å². The molecular formula is C17H20O4. The van der Waals surface area contributed by atoms with Gasteiger partial charge >= 0.3 is 5.97 Å². The summed E-state index contributed by atoms with van der Waals surface area (Å²) in [6.45, 7) is 2.11. The summed E-state index contributed by atoms with van der Waals surface area (Å²) in [6.07, 6.45) is 2.03. The molecule has 0 saturated carbocycles. The Balaban J connectivity index is 1.90. The molecule has 3 rings (SSSR count). The maximum Gasteiger partial charge on any atom is 0.336 e. The number of cyclic esters (lactones) is 1. The third kappa shape index (κ3) is 2.44. The lowest BCUT2D eigenvalue weighted by atomic mass is 9.79. The third-order valence-electron chi connectivity index (χ3n) is 4.48. The van der Waals surface area contributed by atoms with E-state index in [1.807, 2.05) is 6.07 Å². The smallest absolute Gasteiger partial charge is 0.336 e. The highest BCUT2D eigenvalue weighted by Gasteiger charge is 2.38. The number of hydrogen-bond acceptors (Lipinski definition) is 4. The first-order valence-electron chi connectivity index (χ1n) is 7.24. The number of aryl methyl sites for hydroxylation is 1. The summed E-state index contributed by atoms with van der Waals surface area (Å²) in [5, 5.41) is 0. The van der Waals surface area contributed by atoms with Crippen LogP contribution in [0.3, 0.4) is 0 Å². The zero-order chi connectivity index (χ0) is 15.0. The second kappa shape index (κ2) is 5.53. The Hall–Kier alpha value is -1.81. The molecule has 1 heterocycles. The highest BCUT2D eigenvalue weighted by atomic mass is 16.7. The highest BCUT2D eigenvalue weighted by molar-refractivity contribution is 5.92. The molecule has 1 aliphatic carbocycles. The van der Waals surface area contributed by atoms with Crippen molar-refractivity contribution in [2.24, 2.45) is 0 Å². The average molecular weight is 288 g/mol. The number of carbonyl (C=O) groups is 1. The van der Waals surface area contributed by atoms with Gasteiger partial charge in [-0.1, -0.05) is 6.07 Å². The Bertz CT molecular complexity index is 603. The standard InChI is InChI=1S/C17H20O4/c1-10-4-6-12(19-2)9-14(10)11-5-7-13-15(8-11)17(20-3)21-16(13)18/h4,6,9,11,17H,5,7-8H2,1-3H3. The molecule has 1 aromatic carbocycles. The van der Waals surface area contributed by atoms with E-state index >= 15 is 0 Å². The zero-order valence-electron chi connectivity index (χ0n) is 12.6. The lowest BCUT2D eigenvalue weighted by Gasteiger charge is -2.25. The van der Waals surface area contributed by atoms with Crippen molar-refractivity contribution in [3.63, 3.8) is 0 Å². The molecule has 4 heteroatoms. The molecule has 0 amide bonds. The number of rotatable bonds is 3. The van der Waals surface area contributed by atoms with E-state index in [4.69, 9.17) is 14.2 Å². The monoisotopic (exact) mass is 288 g/mol. The molecule has 0 fully saturated rings. The largest absolute Gasteiger partial charge is 0.497 e. The molecule has 0 saturated heterocycles. The molecule has 112 valence electrons. The number of ether oxygens (including phenoxy) is 3. The SMILES string of the molecule is COc1ccc(C)c(C2CCC3=C(C2)C(OC)OC3=O)c1. The summed E-state index contributed by atoms with van der Waals surface area (Å²) < 4.78 is 15.9. The van der Waals surface area contributed by atoms with Gasteiger partial charge in [-0.05, 0) is 55.4 Å². The van der Waals surface area contributed by atoms with E-state index in [1.54, 1.807) is 14.2 Å². The minimum Gasteiger partial charge on any atom is -0.497 e. The maximum absolute atomic E-state index is 11.8.